The van der Waals surface area contributed by atoms with Gasteiger partial charge in [-0.25, -0.2) is 0 Å². The van der Waals surface area contributed by atoms with Crippen molar-refractivity contribution in [2.45, 2.75) is 124 Å². The number of hydrogen-bond donors (Lipinski definition) is 1. The van der Waals surface area contributed by atoms with Crippen molar-refractivity contribution in [3.8, 4) is 11.5 Å². The predicted octanol–water partition coefficient (Wildman–Crippen LogP) is 9.79. The highest BCUT2D eigenvalue weighted by Gasteiger charge is 2.23. The van der Waals surface area contributed by atoms with Crippen molar-refractivity contribution >= 4 is 22.9 Å². The number of carbonyl (C=O) groups is 1. The molecule has 0 spiro atoms. The Morgan fingerprint density at radius 3 is 2.12 bits per heavy atom. The minimum Gasteiger partial charge on any atom is -0.489 e. The fourth-order valence-corrected chi connectivity index (χ4v) is 6.08. The maximum atomic E-state index is 13.0. The van der Waals surface area contributed by atoms with E-state index >= 15 is 0 Å². The molecule has 0 atom stereocenters. The van der Waals surface area contributed by atoms with Crippen LogP contribution in [0.4, 0.5) is 5.69 Å². The van der Waals surface area contributed by atoms with E-state index in [0.717, 1.165) is 29.0 Å². The molecule has 0 saturated heterocycles. The average molecular weight is 608 g/mol. The summed E-state index contributed by atoms with van der Waals surface area (Å²) in [5.74, 6) is 1.20. The molecule has 6 heteroatoms. The highest BCUT2D eigenvalue weighted by molar-refractivity contribution is 7.07. The number of carbonyl (C=O) groups excluding carboxylic acids is 1. The summed E-state index contributed by atoms with van der Waals surface area (Å²) >= 11 is 1.67. The summed E-state index contributed by atoms with van der Waals surface area (Å²) in [6, 6.07) is 13.9. The van der Waals surface area contributed by atoms with E-state index < -0.39 is 0 Å². The minimum atomic E-state index is -0.187. The number of aryl methyl sites for hydroxylation is 1. The largest absolute Gasteiger partial charge is 0.489 e. The highest BCUT2D eigenvalue weighted by Crippen LogP contribution is 2.38. The van der Waals surface area contributed by atoms with Crippen LogP contribution in [0.2, 0.25) is 0 Å². The summed E-state index contributed by atoms with van der Waals surface area (Å²) in [4.78, 5) is 13.0. The second-order valence-electron chi connectivity index (χ2n) is 12.7. The summed E-state index contributed by atoms with van der Waals surface area (Å²) < 4.78 is 14.6. The van der Waals surface area contributed by atoms with Gasteiger partial charge in [-0.1, -0.05) is 140 Å². The number of nitrogens with zero attached hydrogens (tertiary/aromatic N) is 1. The van der Waals surface area contributed by atoms with Crippen molar-refractivity contribution in [1.82, 2.24) is 0 Å². The van der Waals surface area contributed by atoms with E-state index in [1.54, 1.807) is 11.3 Å². The van der Waals surface area contributed by atoms with E-state index in [2.05, 4.69) is 67.5 Å². The average Bonchev–Trinajstić information content (AvgIpc) is 3.39. The molecule has 2 aromatic carbocycles. The Kier molecular flexibility index (Phi) is 15.1. The van der Waals surface area contributed by atoms with E-state index in [0.29, 0.717) is 18.9 Å². The van der Waals surface area contributed by atoms with Crippen LogP contribution in [0, 0.1) is 6.92 Å². The van der Waals surface area contributed by atoms with Crippen molar-refractivity contribution in [3.63, 3.8) is 0 Å². The Hall–Kier alpha value is -2.86. The molecule has 1 heterocycles. The fraction of sp³-hybridized carbons (Fsp3) is 0.568. The number of ether oxygens (including phenoxy) is 2. The van der Waals surface area contributed by atoms with Crippen molar-refractivity contribution in [2.75, 3.05) is 18.5 Å². The van der Waals surface area contributed by atoms with E-state index in [-0.39, 0.29) is 17.9 Å². The van der Waals surface area contributed by atoms with Gasteiger partial charge in [-0.2, -0.15) is 4.57 Å². The van der Waals surface area contributed by atoms with E-state index in [1.807, 2.05) is 30.3 Å². The molecule has 0 bridgehead atoms. The molecule has 0 unspecified atom stereocenters. The van der Waals surface area contributed by atoms with Crippen LogP contribution < -0.4 is 19.4 Å². The number of nitrogens with one attached hydrogen (secondary N) is 1. The molecular formula is C37H55N2O3S+. The first-order valence-electron chi connectivity index (χ1n) is 16.5. The molecule has 3 aromatic rings. The van der Waals surface area contributed by atoms with Crippen molar-refractivity contribution in [3.05, 3.63) is 70.2 Å². The van der Waals surface area contributed by atoms with Gasteiger partial charge in [0, 0.05) is 18.1 Å². The number of thiazole rings is 1. The van der Waals surface area contributed by atoms with Crippen LogP contribution in [-0.4, -0.2) is 19.1 Å². The molecular weight excluding hydrogens is 552 g/mol. The first-order chi connectivity index (χ1) is 20.8. The molecule has 0 fully saturated rings. The number of benzene rings is 2. The van der Waals surface area contributed by atoms with Gasteiger partial charge in [-0.3, -0.25) is 4.79 Å². The van der Waals surface area contributed by atoms with Crippen LogP contribution >= 0.6 is 11.3 Å². The third-order valence-electron chi connectivity index (χ3n) is 7.90. The quantitative estimate of drug-likeness (QED) is 0.103. The summed E-state index contributed by atoms with van der Waals surface area (Å²) in [5, 5.41) is 5.18. The van der Waals surface area contributed by atoms with Gasteiger partial charge < -0.3 is 14.8 Å². The summed E-state index contributed by atoms with van der Waals surface area (Å²) in [5.41, 5.74) is 6.15. The fourth-order valence-electron chi connectivity index (χ4n) is 5.29. The van der Waals surface area contributed by atoms with Gasteiger partial charge in [-0.15, -0.1) is 0 Å². The zero-order chi connectivity index (χ0) is 30.9. The van der Waals surface area contributed by atoms with Crippen LogP contribution in [0.1, 0.15) is 122 Å². The Bertz CT molecular complexity index is 1230. The molecule has 0 saturated carbocycles. The second kappa shape index (κ2) is 18.7. The van der Waals surface area contributed by atoms with Crippen LogP contribution in [0.15, 0.2) is 53.4 Å². The second-order valence-corrected chi connectivity index (χ2v) is 13.5. The molecule has 0 aliphatic rings. The monoisotopic (exact) mass is 607 g/mol. The number of unbranched alkanes of at least 4 members (excludes halogenated alkanes) is 11. The number of anilines is 1. The maximum absolute atomic E-state index is 13.0. The number of aromatic nitrogens is 1. The van der Waals surface area contributed by atoms with Crippen LogP contribution in [-0.2, 0) is 16.8 Å². The molecule has 3 rings (SSSR count). The van der Waals surface area contributed by atoms with E-state index in [4.69, 9.17) is 9.47 Å². The third kappa shape index (κ3) is 12.3. The summed E-state index contributed by atoms with van der Waals surface area (Å²) in [6.07, 6.45) is 15.8. The standard InChI is InChI=1S/C37H54N2O3S/c1-6-7-8-9-10-11-12-13-14-15-16-19-25-41-36-32(37(3,4)5)22-20-24-34(36)42-27-35(40)38-33-23-18-17-21-31(33)26-39-29-43-28-30(39)2/h17-18,20-24,28-29H,6-16,19,25-27H2,1-5H3/p+1. The molecule has 0 radical (unpaired) electrons. The van der Waals surface area contributed by atoms with E-state index in [1.165, 1.54) is 76.3 Å². The summed E-state index contributed by atoms with van der Waals surface area (Å²) in [7, 11) is 0. The lowest BCUT2D eigenvalue weighted by molar-refractivity contribution is -0.689. The molecule has 5 nitrogen and oxygen atoms in total. The van der Waals surface area contributed by atoms with Gasteiger partial charge in [0.15, 0.2) is 30.3 Å². The maximum Gasteiger partial charge on any atom is 0.262 e. The first kappa shape index (κ1) is 34.6. The Morgan fingerprint density at radius 1 is 0.837 bits per heavy atom. The SMILES string of the molecule is CCCCCCCCCCCCCCOc1c(OCC(=O)Nc2ccccc2C[n+]2cscc2C)cccc1C(C)(C)C. The normalized spacial score (nSPS) is 11.5. The zero-order valence-electron chi connectivity index (χ0n) is 27.4. The Balaban J connectivity index is 1.48. The van der Waals surface area contributed by atoms with Gasteiger partial charge in [0.1, 0.15) is 0 Å². The van der Waals surface area contributed by atoms with Crippen LogP contribution in [0.3, 0.4) is 0 Å². The summed E-state index contributed by atoms with van der Waals surface area (Å²) in [6.45, 7) is 12.2. The predicted molar refractivity (Wildman–Crippen MR) is 181 cm³/mol. The van der Waals surface area contributed by atoms with Gasteiger partial charge in [-0.05, 0) is 24.0 Å². The molecule has 236 valence electrons. The van der Waals surface area contributed by atoms with Gasteiger partial charge >= 0.3 is 0 Å². The number of rotatable bonds is 20. The molecule has 1 N–H and O–H groups in total. The number of hydrogen-bond acceptors (Lipinski definition) is 4. The van der Waals surface area contributed by atoms with Crippen LogP contribution in [0.25, 0.3) is 0 Å². The zero-order valence-corrected chi connectivity index (χ0v) is 28.2. The molecule has 1 amide bonds. The number of para-hydroxylation sites is 2. The molecule has 43 heavy (non-hydrogen) atoms. The lowest BCUT2D eigenvalue weighted by atomic mass is 9.86. The van der Waals surface area contributed by atoms with Gasteiger partial charge in [0.2, 0.25) is 5.51 Å². The smallest absolute Gasteiger partial charge is 0.262 e. The topological polar surface area (TPSA) is 51.4 Å². The van der Waals surface area contributed by atoms with Gasteiger partial charge in [0.25, 0.3) is 5.91 Å². The first-order valence-corrected chi connectivity index (χ1v) is 17.4. The molecule has 1 aromatic heterocycles. The third-order valence-corrected chi connectivity index (χ3v) is 8.76. The number of amides is 1. The van der Waals surface area contributed by atoms with Crippen molar-refractivity contribution in [2.24, 2.45) is 0 Å². The van der Waals surface area contributed by atoms with Crippen molar-refractivity contribution in [1.29, 1.82) is 0 Å². The Morgan fingerprint density at radius 2 is 1.49 bits per heavy atom. The Labute approximate surface area is 265 Å². The van der Waals surface area contributed by atoms with Gasteiger partial charge in [0.05, 0.1) is 17.7 Å². The van der Waals surface area contributed by atoms with Crippen molar-refractivity contribution < 1.29 is 18.8 Å². The minimum absolute atomic E-state index is 0.0818. The van der Waals surface area contributed by atoms with Crippen LogP contribution in [0.5, 0.6) is 11.5 Å². The van der Waals surface area contributed by atoms with E-state index in [9.17, 15) is 4.79 Å². The lowest BCUT2D eigenvalue weighted by Gasteiger charge is -2.24. The highest BCUT2D eigenvalue weighted by atomic mass is 32.1. The molecule has 0 aliphatic carbocycles. The molecule has 0 aliphatic heterocycles. The lowest BCUT2D eigenvalue weighted by Crippen LogP contribution is -2.35.